The lowest BCUT2D eigenvalue weighted by Gasteiger charge is -2.40. The van der Waals surface area contributed by atoms with E-state index in [4.69, 9.17) is 4.74 Å². The third-order valence-electron chi connectivity index (χ3n) is 5.30. The average molecular weight is 296 g/mol. The number of hydrogen-bond acceptors (Lipinski definition) is 3. The third kappa shape index (κ3) is 4.96. The highest BCUT2D eigenvalue weighted by Crippen LogP contribution is 2.31. The normalized spacial score (nSPS) is 26.5. The van der Waals surface area contributed by atoms with Gasteiger partial charge in [-0.1, -0.05) is 33.1 Å². The molecule has 0 aromatic rings. The predicted octanol–water partition coefficient (Wildman–Crippen LogP) is 2.76. The fourth-order valence-electron chi connectivity index (χ4n) is 3.71. The van der Waals surface area contributed by atoms with Crippen molar-refractivity contribution in [3.05, 3.63) is 0 Å². The van der Waals surface area contributed by atoms with E-state index < -0.39 is 0 Å². The first-order valence-electron chi connectivity index (χ1n) is 8.84. The van der Waals surface area contributed by atoms with Gasteiger partial charge in [-0.15, -0.1) is 0 Å². The Balaban J connectivity index is 1.70. The lowest BCUT2D eigenvalue weighted by atomic mass is 9.86. The van der Waals surface area contributed by atoms with Crippen molar-refractivity contribution in [2.45, 2.75) is 89.3 Å². The summed E-state index contributed by atoms with van der Waals surface area (Å²) in [7, 11) is 0. The zero-order valence-corrected chi connectivity index (χ0v) is 13.7. The van der Waals surface area contributed by atoms with E-state index in [2.05, 4.69) is 24.5 Å². The van der Waals surface area contributed by atoms with Crippen molar-refractivity contribution in [3.8, 4) is 0 Å². The molecule has 1 unspecified atom stereocenters. The number of carbonyl (C=O) groups is 1. The summed E-state index contributed by atoms with van der Waals surface area (Å²) in [4.78, 5) is 12.0. The van der Waals surface area contributed by atoms with Gasteiger partial charge in [0.15, 0.2) is 0 Å². The lowest BCUT2D eigenvalue weighted by molar-refractivity contribution is -0.122. The maximum absolute atomic E-state index is 12.0. The zero-order valence-electron chi connectivity index (χ0n) is 13.7. The molecule has 1 aliphatic heterocycles. The first-order chi connectivity index (χ1) is 10.2. The quantitative estimate of drug-likeness (QED) is 0.792. The number of rotatable bonds is 6. The lowest BCUT2D eigenvalue weighted by Crippen LogP contribution is -2.49. The molecule has 2 aliphatic rings. The van der Waals surface area contributed by atoms with E-state index in [1.165, 1.54) is 19.3 Å². The molecule has 122 valence electrons. The van der Waals surface area contributed by atoms with Crippen molar-refractivity contribution in [1.29, 1.82) is 0 Å². The highest BCUT2D eigenvalue weighted by Gasteiger charge is 2.34. The smallest absolute Gasteiger partial charge is 0.234 e. The fourth-order valence-corrected chi connectivity index (χ4v) is 3.71. The van der Waals surface area contributed by atoms with E-state index in [1.54, 1.807) is 0 Å². The van der Waals surface area contributed by atoms with Crippen molar-refractivity contribution in [1.82, 2.24) is 10.6 Å². The molecule has 1 heterocycles. The average Bonchev–Trinajstić information content (AvgIpc) is 2.54. The summed E-state index contributed by atoms with van der Waals surface area (Å²) in [6.45, 7) is 5.65. The molecule has 0 spiro atoms. The first kappa shape index (κ1) is 16.8. The van der Waals surface area contributed by atoms with Crippen LogP contribution in [0, 0.1) is 0 Å². The third-order valence-corrected chi connectivity index (χ3v) is 5.30. The monoisotopic (exact) mass is 296 g/mol. The number of amides is 1. The van der Waals surface area contributed by atoms with Crippen LogP contribution in [-0.2, 0) is 9.53 Å². The Bertz CT molecular complexity index is 323. The van der Waals surface area contributed by atoms with Gasteiger partial charge in [-0.05, 0) is 38.5 Å². The Labute approximate surface area is 129 Å². The maximum atomic E-state index is 12.0. The van der Waals surface area contributed by atoms with Crippen LogP contribution < -0.4 is 10.6 Å². The molecule has 2 rings (SSSR count). The summed E-state index contributed by atoms with van der Waals surface area (Å²) in [6, 6.07) is 0.823. The Hall–Kier alpha value is -0.610. The summed E-state index contributed by atoms with van der Waals surface area (Å²) in [5.41, 5.74) is 0.0236. The van der Waals surface area contributed by atoms with Crippen LogP contribution in [0.2, 0.25) is 0 Å². The van der Waals surface area contributed by atoms with E-state index in [-0.39, 0.29) is 11.5 Å². The van der Waals surface area contributed by atoms with Crippen LogP contribution in [-0.4, -0.2) is 36.7 Å². The second-order valence-electron chi connectivity index (χ2n) is 6.71. The molecule has 2 N–H and O–H groups in total. The number of carbonyl (C=O) groups excluding carboxylic acids is 1. The first-order valence-corrected chi connectivity index (χ1v) is 8.84. The van der Waals surface area contributed by atoms with E-state index in [0.717, 1.165) is 45.1 Å². The molecule has 2 fully saturated rings. The summed E-state index contributed by atoms with van der Waals surface area (Å²) < 4.78 is 5.98. The minimum atomic E-state index is 0.0236. The Morgan fingerprint density at radius 2 is 1.81 bits per heavy atom. The van der Waals surface area contributed by atoms with Gasteiger partial charge in [0.25, 0.3) is 0 Å². The van der Waals surface area contributed by atoms with Gasteiger partial charge in [0.05, 0.1) is 12.1 Å². The summed E-state index contributed by atoms with van der Waals surface area (Å²) in [6.07, 6.45) is 10.3. The molecule has 21 heavy (non-hydrogen) atoms. The second kappa shape index (κ2) is 8.14. The van der Waals surface area contributed by atoms with Crippen molar-refractivity contribution < 1.29 is 9.53 Å². The molecular weight excluding hydrogens is 264 g/mol. The van der Waals surface area contributed by atoms with Crippen LogP contribution in [0.5, 0.6) is 0 Å². The molecule has 4 nitrogen and oxygen atoms in total. The Morgan fingerprint density at radius 3 is 2.48 bits per heavy atom. The molecule has 1 saturated carbocycles. The SMILES string of the molecule is CCC1(CC)CC(NCC(=O)NC2CCCCC2)CCO1. The van der Waals surface area contributed by atoms with E-state index in [1.807, 2.05) is 0 Å². The van der Waals surface area contributed by atoms with Gasteiger partial charge < -0.3 is 15.4 Å². The summed E-state index contributed by atoms with van der Waals surface area (Å²) in [5, 5.41) is 6.62. The van der Waals surface area contributed by atoms with Crippen molar-refractivity contribution >= 4 is 5.91 Å². The van der Waals surface area contributed by atoms with Crippen LogP contribution >= 0.6 is 0 Å². The number of hydrogen-bond donors (Lipinski definition) is 2. The molecule has 4 heteroatoms. The van der Waals surface area contributed by atoms with Crippen molar-refractivity contribution in [2.75, 3.05) is 13.2 Å². The Kier molecular flexibility index (Phi) is 6.49. The van der Waals surface area contributed by atoms with Gasteiger partial charge in [0.1, 0.15) is 0 Å². The topological polar surface area (TPSA) is 50.4 Å². The molecule has 1 saturated heterocycles. The van der Waals surface area contributed by atoms with E-state index >= 15 is 0 Å². The molecule has 1 aliphatic carbocycles. The minimum absolute atomic E-state index is 0.0236. The van der Waals surface area contributed by atoms with Crippen LogP contribution in [0.3, 0.4) is 0 Å². The van der Waals surface area contributed by atoms with Gasteiger partial charge in [-0.2, -0.15) is 0 Å². The van der Waals surface area contributed by atoms with Crippen molar-refractivity contribution in [3.63, 3.8) is 0 Å². The Morgan fingerprint density at radius 1 is 1.10 bits per heavy atom. The van der Waals surface area contributed by atoms with Crippen LogP contribution in [0.1, 0.15) is 71.6 Å². The summed E-state index contributed by atoms with van der Waals surface area (Å²) in [5.74, 6) is 0.159. The van der Waals surface area contributed by atoms with Gasteiger partial charge in [-0.25, -0.2) is 0 Å². The van der Waals surface area contributed by atoms with Gasteiger partial charge in [-0.3, -0.25) is 4.79 Å². The predicted molar refractivity (Wildman–Crippen MR) is 85.3 cm³/mol. The molecule has 0 aromatic heterocycles. The number of nitrogens with one attached hydrogen (secondary N) is 2. The molecule has 1 atom stereocenters. The highest BCUT2D eigenvalue weighted by molar-refractivity contribution is 5.78. The van der Waals surface area contributed by atoms with Crippen LogP contribution in [0.25, 0.3) is 0 Å². The second-order valence-corrected chi connectivity index (χ2v) is 6.71. The minimum Gasteiger partial charge on any atom is -0.375 e. The van der Waals surface area contributed by atoms with E-state index in [9.17, 15) is 4.79 Å². The largest absolute Gasteiger partial charge is 0.375 e. The molecule has 1 amide bonds. The van der Waals surface area contributed by atoms with Crippen LogP contribution in [0.4, 0.5) is 0 Å². The molecular formula is C17H32N2O2. The van der Waals surface area contributed by atoms with Crippen molar-refractivity contribution in [2.24, 2.45) is 0 Å². The number of ether oxygens (including phenoxy) is 1. The molecule has 0 radical (unpaired) electrons. The molecule has 0 bridgehead atoms. The van der Waals surface area contributed by atoms with Gasteiger partial charge in [0, 0.05) is 18.7 Å². The van der Waals surface area contributed by atoms with Crippen LogP contribution in [0.15, 0.2) is 0 Å². The zero-order chi connectivity index (χ0) is 15.1. The van der Waals surface area contributed by atoms with Gasteiger partial charge >= 0.3 is 0 Å². The fraction of sp³-hybridized carbons (Fsp3) is 0.941. The highest BCUT2D eigenvalue weighted by atomic mass is 16.5. The van der Waals surface area contributed by atoms with Gasteiger partial charge in [0.2, 0.25) is 5.91 Å². The molecule has 0 aromatic carbocycles. The maximum Gasteiger partial charge on any atom is 0.234 e. The standard InChI is InChI=1S/C17H32N2O2/c1-3-17(4-2)12-15(10-11-21-17)18-13-16(20)19-14-8-6-5-7-9-14/h14-15,18H,3-13H2,1-2H3,(H,19,20). The summed E-state index contributed by atoms with van der Waals surface area (Å²) >= 11 is 0. The van der Waals surface area contributed by atoms with E-state index in [0.29, 0.717) is 18.6 Å².